The maximum Gasteiger partial charge on any atom is 0.122 e. The van der Waals surface area contributed by atoms with Gasteiger partial charge in [0.25, 0.3) is 0 Å². The molecule has 1 rings (SSSR count). The minimum absolute atomic E-state index is 0.532. The van der Waals surface area contributed by atoms with Crippen molar-refractivity contribution < 1.29 is 14.7 Å². The fourth-order valence-electron chi connectivity index (χ4n) is 1.03. The maximum absolute atomic E-state index is 8.32. The molecule has 0 saturated carbocycles. The predicted molar refractivity (Wildman–Crippen MR) is 52.9 cm³/mol. The summed E-state index contributed by atoms with van der Waals surface area (Å²) < 4.78 is 10.5. The van der Waals surface area contributed by atoms with Gasteiger partial charge in [-0.3, -0.25) is 0 Å². The van der Waals surface area contributed by atoms with Crippen molar-refractivity contribution in [1.82, 2.24) is 5.48 Å². The number of hydroxylamine groups is 1. The number of ether oxygens (including phenoxy) is 2. The van der Waals surface area contributed by atoms with Crippen molar-refractivity contribution in [3.05, 3.63) is 24.3 Å². The summed E-state index contributed by atoms with van der Waals surface area (Å²) in [6.07, 6.45) is 0.758. The third kappa shape index (κ3) is 3.64. The SMILES string of the molecule is COc1cccc(OCCCNO)c1. The highest BCUT2D eigenvalue weighted by atomic mass is 16.5. The molecule has 0 heterocycles. The van der Waals surface area contributed by atoms with Crippen LogP contribution in [-0.2, 0) is 0 Å². The summed E-state index contributed by atoms with van der Waals surface area (Å²) in [7, 11) is 1.62. The molecule has 1 aromatic carbocycles. The zero-order valence-corrected chi connectivity index (χ0v) is 8.19. The van der Waals surface area contributed by atoms with E-state index in [0.717, 1.165) is 17.9 Å². The molecular formula is C10H15NO3. The third-order valence-electron chi connectivity index (χ3n) is 1.74. The Kier molecular flexibility index (Phi) is 4.82. The van der Waals surface area contributed by atoms with Crippen LogP contribution in [0.1, 0.15) is 6.42 Å². The number of nitrogens with one attached hydrogen (secondary N) is 1. The van der Waals surface area contributed by atoms with Crippen molar-refractivity contribution in [2.24, 2.45) is 0 Å². The molecule has 4 nitrogen and oxygen atoms in total. The summed E-state index contributed by atoms with van der Waals surface area (Å²) >= 11 is 0. The number of rotatable bonds is 6. The largest absolute Gasteiger partial charge is 0.497 e. The summed E-state index contributed by atoms with van der Waals surface area (Å²) in [4.78, 5) is 0. The van der Waals surface area contributed by atoms with Crippen LogP contribution in [-0.4, -0.2) is 25.5 Å². The number of hydrogen-bond donors (Lipinski definition) is 2. The topological polar surface area (TPSA) is 50.7 Å². The molecular weight excluding hydrogens is 182 g/mol. The molecule has 78 valence electrons. The summed E-state index contributed by atoms with van der Waals surface area (Å²) in [6, 6.07) is 7.43. The monoisotopic (exact) mass is 197 g/mol. The lowest BCUT2D eigenvalue weighted by Crippen LogP contribution is -2.12. The quantitative estimate of drug-likeness (QED) is 0.535. The van der Waals surface area contributed by atoms with E-state index in [0.29, 0.717) is 13.2 Å². The maximum atomic E-state index is 8.32. The van der Waals surface area contributed by atoms with Gasteiger partial charge in [-0.25, -0.2) is 5.48 Å². The first-order valence-electron chi connectivity index (χ1n) is 4.50. The molecule has 0 aliphatic rings. The van der Waals surface area contributed by atoms with Crippen LogP contribution in [0.5, 0.6) is 11.5 Å². The normalized spacial score (nSPS) is 9.86. The van der Waals surface area contributed by atoms with Gasteiger partial charge in [0.2, 0.25) is 0 Å². The van der Waals surface area contributed by atoms with E-state index in [9.17, 15) is 0 Å². The molecule has 0 aliphatic carbocycles. The first-order valence-corrected chi connectivity index (χ1v) is 4.50. The van der Waals surface area contributed by atoms with Gasteiger partial charge >= 0.3 is 0 Å². The molecule has 0 fully saturated rings. The number of hydrogen-bond acceptors (Lipinski definition) is 4. The van der Waals surface area contributed by atoms with E-state index in [1.54, 1.807) is 7.11 Å². The van der Waals surface area contributed by atoms with E-state index in [1.165, 1.54) is 0 Å². The Balaban J connectivity index is 2.34. The molecule has 1 aromatic rings. The predicted octanol–water partition coefficient (Wildman–Crippen LogP) is 1.44. The van der Waals surface area contributed by atoms with Gasteiger partial charge in [-0.05, 0) is 18.6 Å². The fraction of sp³-hybridized carbons (Fsp3) is 0.400. The van der Waals surface area contributed by atoms with Crippen LogP contribution in [0, 0.1) is 0 Å². The van der Waals surface area contributed by atoms with Crippen molar-refractivity contribution in [1.29, 1.82) is 0 Å². The molecule has 0 saturated heterocycles. The molecule has 0 radical (unpaired) electrons. The van der Waals surface area contributed by atoms with Gasteiger partial charge in [-0.15, -0.1) is 0 Å². The minimum atomic E-state index is 0.532. The summed E-state index contributed by atoms with van der Waals surface area (Å²) in [5, 5.41) is 8.32. The molecule has 2 N–H and O–H groups in total. The van der Waals surface area contributed by atoms with E-state index >= 15 is 0 Å². The fourth-order valence-corrected chi connectivity index (χ4v) is 1.03. The Hall–Kier alpha value is -1.26. The average Bonchev–Trinajstić information content (AvgIpc) is 2.25. The van der Waals surface area contributed by atoms with Crippen molar-refractivity contribution in [3.63, 3.8) is 0 Å². The molecule has 0 unspecified atom stereocenters. The second-order valence-electron chi connectivity index (χ2n) is 2.79. The Bertz CT molecular complexity index is 265. The highest BCUT2D eigenvalue weighted by Crippen LogP contribution is 2.18. The van der Waals surface area contributed by atoms with E-state index in [1.807, 2.05) is 24.3 Å². The molecule has 0 bridgehead atoms. The molecule has 0 aromatic heterocycles. The highest BCUT2D eigenvalue weighted by molar-refractivity contribution is 5.32. The van der Waals surface area contributed by atoms with Gasteiger partial charge in [-0.1, -0.05) is 6.07 Å². The summed E-state index contributed by atoms with van der Waals surface area (Å²) in [6.45, 7) is 1.10. The standard InChI is InChI=1S/C10H15NO3/c1-13-9-4-2-5-10(8-9)14-7-3-6-11-12/h2,4-5,8,11-12H,3,6-7H2,1H3. The summed E-state index contributed by atoms with van der Waals surface area (Å²) in [5.41, 5.74) is 2.07. The Labute approximate surface area is 83.4 Å². The molecule has 0 aliphatic heterocycles. The lowest BCUT2D eigenvalue weighted by molar-refractivity contribution is 0.157. The third-order valence-corrected chi connectivity index (χ3v) is 1.74. The van der Waals surface area contributed by atoms with Crippen LogP contribution >= 0.6 is 0 Å². The number of benzene rings is 1. The Morgan fingerprint density at radius 2 is 2.14 bits per heavy atom. The van der Waals surface area contributed by atoms with Gasteiger partial charge in [0.15, 0.2) is 0 Å². The van der Waals surface area contributed by atoms with Gasteiger partial charge in [-0.2, -0.15) is 0 Å². The molecule has 4 heteroatoms. The van der Waals surface area contributed by atoms with Gasteiger partial charge in [0.1, 0.15) is 11.5 Å². The zero-order valence-electron chi connectivity index (χ0n) is 8.19. The van der Waals surface area contributed by atoms with Crippen LogP contribution in [0.2, 0.25) is 0 Å². The molecule has 0 spiro atoms. The minimum Gasteiger partial charge on any atom is -0.497 e. The molecule has 0 amide bonds. The highest BCUT2D eigenvalue weighted by Gasteiger charge is 1.95. The zero-order chi connectivity index (χ0) is 10.2. The van der Waals surface area contributed by atoms with Crippen LogP contribution in [0.15, 0.2) is 24.3 Å². The van der Waals surface area contributed by atoms with Crippen molar-refractivity contribution >= 4 is 0 Å². The van der Waals surface area contributed by atoms with Gasteiger partial charge < -0.3 is 14.7 Å². The van der Waals surface area contributed by atoms with E-state index in [2.05, 4.69) is 5.48 Å². The van der Waals surface area contributed by atoms with E-state index in [-0.39, 0.29) is 0 Å². The summed E-state index contributed by atoms with van der Waals surface area (Å²) in [5.74, 6) is 1.56. The van der Waals surface area contributed by atoms with Gasteiger partial charge in [0, 0.05) is 12.6 Å². The van der Waals surface area contributed by atoms with Crippen LogP contribution < -0.4 is 15.0 Å². The van der Waals surface area contributed by atoms with Crippen molar-refractivity contribution in [2.75, 3.05) is 20.3 Å². The van der Waals surface area contributed by atoms with Crippen molar-refractivity contribution in [3.8, 4) is 11.5 Å². The lowest BCUT2D eigenvalue weighted by atomic mass is 10.3. The first-order chi connectivity index (χ1) is 6.86. The van der Waals surface area contributed by atoms with E-state index < -0.39 is 0 Å². The van der Waals surface area contributed by atoms with Crippen molar-refractivity contribution in [2.45, 2.75) is 6.42 Å². The smallest absolute Gasteiger partial charge is 0.122 e. The number of methoxy groups -OCH3 is 1. The van der Waals surface area contributed by atoms with Crippen LogP contribution in [0.4, 0.5) is 0 Å². The molecule has 0 atom stereocenters. The lowest BCUT2D eigenvalue weighted by Gasteiger charge is -2.06. The second-order valence-corrected chi connectivity index (χ2v) is 2.79. The Morgan fingerprint density at radius 1 is 1.36 bits per heavy atom. The molecule has 14 heavy (non-hydrogen) atoms. The Morgan fingerprint density at radius 3 is 2.86 bits per heavy atom. The van der Waals surface area contributed by atoms with Gasteiger partial charge in [0.05, 0.1) is 13.7 Å². The van der Waals surface area contributed by atoms with Crippen LogP contribution in [0.3, 0.4) is 0 Å². The average molecular weight is 197 g/mol. The second kappa shape index (κ2) is 6.23. The van der Waals surface area contributed by atoms with E-state index in [4.69, 9.17) is 14.7 Å². The van der Waals surface area contributed by atoms with Crippen LogP contribution in [0.25, 0.3) is 0 Å². The first kappa shape index (κ1) is 10.8.